The maximum Gasteiger partial charge on any atom is 0.257 e. The van der Waals surface area contributed by atoms with E-state index in [-0.39, 0.29) is 18.4 Å². The van der Waals surface area contributed by atoms with Crippen molar-refractivity contribution in [3.63, 3.8) is 0 Å². The molecule has 20 heavy (non-hydrogen) atoms. The number of hydrogen-bond donors (Lipinski definition) is 2. The van der Waals surface area contributed by atoms with Gasteiger partial charge in [0, 0.05) is 25.7 Å². The van der Waals surface area contributed by atoms with Crippen LogP contribution in [0.5, 0.6) is 5.75 Å². The molecule has 1 heterocycles. The molecule has 0 bridgehead atoms. The fraction of sp³-hybridized carbons (Fsp3) is 0.417. The van der Waals surface area contributed by atoms with Gasteiger partial charge in [-0.3, -0.25) is 4.79 Å². The Kier molecular flexibility index (Phi) is 5.24. The van der Waals surface area contributed by atoms with Crippen molar-refractivity contribution in [1.29, 1.82) is 0 Å². The zero-order valence-corrected chi connectivity index (χ0v) is 11.4. The van der Waals surface area contributed by atoms with Crippen molar-refractivity contribution in [3.8, 4) is 5.75 Å². The summed E-state index contributed by atoms with van der Waals surface area (Å²) < 4.78 is 39.8. The van der Waals surface area contributed by atoms with Gasteiger partial charge in [0.1, 0.15) is 0 Å². The highest BCUT2D eigenvalue weighted by Gasteiger charge is 2.29. The molecule has 112 valence electrons. The van der Waals surface area contributed by atoms with E-state index in [0.29, 0.717) is 25.7 Å². The maximum absolute atomic E-state index is 13.7. The van der Waals surface area contributed by atoms with Crippen molar-refractivity contribution in [2.24, 2.45) is 0 Å². The molecule has 2 N–H and O–H groups in total. The van der Waals surface area contributed by atoms with E-state index in [9.17, 15) is 18.0 Å². The molecular formula is C12H14ClF3N2O2. The van der Waals surface area contributed by atoms with Gasteiger partial charge in [-0.25, -0.2) is 8.78 Å². The minimum atomic E-state index is -1.69. The molecule has 1 aromatic carbocycles. The van der Waals surface area contributed by atoms with E-state index < -0.39 is 34.7 Å². The smallest absolute Gasteiger partial charge is 0.257 e. The predicted octanol–water partition coefficient (Wildman–Crippen LogP) is 1.67. The van der Waals surface area contributed by atoms with Crippen LogP contribution < -0.4 is 5.32 Å². The summed E-state index contributed by atoms with van der Waals surface area (Å²) in [7, 11) is 0. The van der Waals surface area contributed by atoms with E-state index >= 15 is 0 Å². The van der Waals surface area contributed by atoms with Crippen LogP contribution in [0.15, 0.2) is 6.07 Å². The topological polar surface area (TPSA) is 52.6 Å². The molecule has 0 aromatic heterocycles. The number of benzene rings is 1. The maximum atomic E-state index is 13.7. The van der Waals surface area contributed by atoms with Gasteiger partial charge in [0.2, 0.25) is 5.82 Å². The van der Waals surface area contributed by atoms with Crippen LogP contribution in [0.2, 0.25) is 0 Å². The lowest BCUT2D eigenvalue weighted by Gasteiger charge is -2.34. The number of hydrogen-bond acceptors (Lipinski definition) is 3. The van der Waals surface area contributed by atoms with Crippen molar-refractivity contribution in [2.45, 2.75) is 13.0 Å². The van der Waals surface area contributed by atoms with Crippen LogP contribution >= 0.6 is 12.4 Å². The Morgan fingerprint density at radius 1 is 1.40 bits per heavy atom. The summed E-state index contributed by atoms with van der Waals surface area (Å²) in [6.07, 6.45) is 0. The number of carbonyl (C=O) groups excluding carboxylic acids is 1. The van der Waals surface area contributed by atoms with E-state index in [1.165, 1.54) is 4.90 Å². The Bertz CT molecular complexity index is 528. The number of piperazine rings is 1. The van der Waals surface area contributed by atoms with Crippen LogP contribution in [-0.4, -0.2) is 41.6 Å². The van der Waals surface area contributed by atoms with Crippen molar-refractivity contribution >= 4 is 18.3 Å². The van der Waals surface area contributed by atoms with Crippen LogP contribution in [0.3, 0.4) is 0 Å². The highest BCUT2D eigenvalue weighted by molar-refractivity contribution is 5.95. The van der Waals surface area contributed by atoms with Gasteiger partial charge in [-0.15, -0.1) is 12.4 Å². The molecule has 1 saturated heterocycles. The zero-order chi connectivity index (χ0) is 14.2. The predicted molar refractivity (Wildman–Crippen MR) is 68.6 cm³/mol. The summed E-state index contributed by atoms with van der Waals surface area (Å²) >= 11 is 0. The molecule has 1 aliphatic rings. The van der Waals surface area contributed by atoms with Crippen LogP contribution in [0.1, 0.15) is 17.3 Å². The molecule has 1 aliphatic heterocycles. The highest BCUT2D eigenvalue weighted by atomic mass is 35.5. The zero-order valence-electron chi connectivity index (χ0n) is 10.6. The van der Waals surface area contributed by atoms with E-state index in [0.717, 1.165) is 0 Å². The van der Waals surface area contributed by atoms with Gasteiger partial charge >= 0.3 is 0 Å². The van der Waals surface area contributed by atoms with Gasteiger partial charge < -0.3 is 15.3 Å². The lowest BCUT2D eigenvalue weighted by atomic mass is 10.1. The van der Waals surface area contributed by atoms with Gasteiger partial charge in [0.25, 0.3) is 5.91 Å². The molecule has 1 aromatic rings. The second kappa shape index (κ2) is 6.32. The van der Waals surface area contributed by atoms with Gasteiger partial charge in [-0.05, 0) is 13.0 Å². The monoisotopic (exact) mass is 310 g/mol. The summed E-state index contributed by atoms with van der Waals surface area (Å²) in [5.74, 6) is -6.81. The summed E-state index contributed by atoms with van der Waals surface area (Å²) in [5.41, 5.74) is -0.662. The highest BCUT2D eigenvalue weighted by Crippen LogP contribution is 2.27. The fourth-order valence-electron chi connectivity index (χ4n) is 2.04. The van der Waals surface area contributed by atoms with Gasteiger partial charge in [0.15, 0.2) is 17.4 Å². The number of nitrogens with zero attached hydrogens (tertiary/aromatic N) is 1. The largest absolute Gasteiger partial charge is 0.503 e. The molecule has 1 atom stereocenters. The van der Waals surface area contributed by atoms with Gasteiger partial charge in [-0.2, -0.15) is 4.39 Å². The van der Waals surface area contributed by atoms with E-state index in [4.69, 9.17) is 5.11 Å². The minimum absolute atomic E-state index is 0. The molecule has 1 amide bonds. The van der Waals surface area contributed by atoms with E-state index in [2.05, 4.69) is 5.32 Å². The van der Waals surface area contributed by atoms with E-state index in [1.54, 1.807) is 6.92 Å². The van der Waals surface area contributed by atoms with Gasteiger partial charge in [0.05, 0.1) is 5.56 Å². The normalized spacial score (nSPS) is 18.6. The van der Waals surface area contributed by atoms with Crippen LogP contribution in [0.4, 0.5) is 13.2 Å². The van der Waals surface area contributed by atoms with Crippen LogP contribution in [0.25, 0.3) is 0 Å². The number of halogens is 4. The van der Waals surface area contributed by atoms with Crippen molar-refractivity contribution in [1.82, 2.24) is 10.2 Å². The second-order valence-electron chi connectivity index (χ2n) is 4.43. The Hall–Kier alpha value is -1.47. The first-order chi connectivity index (χ1) is 8.93. The second-order valence-corrected chi connectivity index (χ2v) is 4.43. The molecule has 0 radical (unpaired) electrons. The number of rotatable bonds is 1. The van der Waals surface area contributed by atoms with Crippen LogP contribution in [-0.2, 0) is 0 Å². The first-order valence-corrected chi connectivity index (χ1v) is 5.81. The first-order valence-electron chi connectivity index (χ1n) is 5.81. The average molecular weight is 311 g/mol. The lowest BCUT2D eigenvalue weighted by Crippen LogP contribution is -2.52. The Labute approximate surface area is 120 Å². The van der Waals surface area contributed by atoms with Gasteiger partial charge in [-0.1, -0.05) is 0 Å². The average Bonchev–Trinajstić information content (AvgIpc) is 2.40. The van der Waals surface area contributed by atoms with Crippen molar-refractivity contribution in [2.75, 3.05) is 19.6 Å². The third-order valence-electron chi connectivity index (χ3n) is 3.13. The lowest BCUT2D eigenvalue weighted by molar-refractivity contribution is 0.0649. The Balaban J connectivity index is 0.00000200. The number of carbonyl (C=O) groups is 1. The first kappa shape index (κ1) is 16.6. The molecule has 0 aliphatic carbocycles. The number of aromatic hydroxyl groups is 1. The summed E-state index contributed by atoms with van der Waals surface area (Å²) in [6.45, 7) is 3.15. The minimum Gasteiger partial charge on any atom is -0.503 e. The Morgan fingerprint density at radius 2 is 2.05 bits per heavy atom. The molecular weight excluding hydrogens is 297 g/mol. The van der Waals surface area contributed by atoms with Crippen molar-refractivity contribution in [3.05, 3.63) is 29.1 Å². The fourth-order valence-corrected chi connectivity index (χ4v) is 2.04. The summed E-state index contributed by atoms with van der Waals surface area (Å²) in [6, 6.07) is 0.275. The van der Waals surface area contributed by atoms with Crippen molar-refractivity contribution < 1.29 is 23.1 Å². The molecule has 4 nitrogen and oxygen atoms in total. The molecule has 8 heteroatoms. The van der Waals surface area contributed by atoms with Crippen LogP contribution in [0, 0.1) is 17.5 Å². The number of amides is 1. The molecule has 2 rings (SSSR count). The standard InChI is InChI=1S/C12H13F3N2O2.ClH/c1-6-5-16-2-3-17(6)12(19)7-4-8(13)10(15)11(18)9(7)14;/h4,6,16,18H,2-3,5H2,1H3;1H. The number of phenols is 1. The molecule has 1 fully saturated rings. The Morgan fingerprint density at radius 3 is 2.65 bits per heavy atom. The summed E-state index contributed by atoms with van der Waals surface area (Å²) in [5, 5.41) is 12.2. The number of phenolic OH excluding ortho intramolecular Hbond substituents is 1. The van der Waals surface area contributed by atoms with E-state index in [1.807, 2.05) is 0 Å². The quantitative estimate of drug-likeness (QED) is 0.776. The molecule has 0 saturated carbocycles. The SMILES string of the molecule is CC1CNCCN1C(=O)c1cc(F)c(F)c(O)c1F.Cl. The third-order valence-corrected chi connectivity index (χ3v) is 3.13. The summed E-state index contributed by atoms with van der Waals surface area (Å²) in [4.78, 5) is 13.5. The molecule has 0 spiro atoms. The molecule has 1 unspecified atom stereocenters. The number of nitrogens with one attached hydrogen (secondary N) is 1. The third kappa shape index (κ3) is 2.83.